The van der Waals surface area contributed by atoms with E-state index in [1.54, 1.807) is 38.0 Å². The molecule has 1 rings (SSSR count). The highest BCUT2D eigenvalue weighted by Crippen LogP contribution is 2.26. The van der Waals surface area contributed by atoms with Crippen LogP contribution in [0.25, 0.3) is 0 Å². The van der Waals surface area contributed by atoms with E-state index in [0.29, 0.717) is 12.8 Å². The van der Waals surface area contributed by atoms with Crippen molar-refractivity contribution in [1.82, 2.24) is 9.80 Å². The first kappa shape index (κ1) is 45.8. The SMILES string of the molecule is CCCCCCCCCCCC(=O)O.CCCCCCCCCCCC(=O)O[C@@H]1C[C@H](OC(=O)CN(C)C)O[C@@H]1COC(=O)CN(C)C. The first-order valence-corrected chi connectivity index (χ1v) is 18.7. The summed E-state index contributed by atoms with van der Waals surface area (Å²) < 4.78 is 22.0. The molecule has 0 spiro atoms. The molecule has 3 atom stereocenters. The lowest BCUT2D eigenvalue weighted by molar-refractivity contribution is -0.183. The molecule has 1 fully saturated rings. The molecule has 1 saturated heterocycles. The van der Waals surface area contributed by atoms with Crippen LogP contribution >= 0.6 is 0 Å². The van der Waals surface area contributed by atoms with Gasteiger partial charge in [-0.1, -0.05) is 117 Å². The van der Waals surface area contributed by atoms with Crippen molar-refractivity contribution in [2.75, 3.05) is 47.9 Å². The van der Waals surface area contributed by atoms with Crippen molar-refractivity contribution in [3.63, 3.8) is 0 Å². The molecule has 0 aromatic rings. The molecule has 11 nitrogen and oxygen atoms in total. The van der Waals surface area contributed by atoms with Crippen molar-refractivity contribution >= 4 is 23.9 Å². The molecule has 1 aliphatic rings. The minimum atomic E-state index is -0.837. The Labute approximate surface area is 291 Å². The maximum absolute atomic E-state index is 12.4. The number of carboxylic acids is 1. The number of carbonyl (C=O) groups is 4. The lowest BCUT2D eigenvalue weighted by atomic mass is 10.1. The van der Waals surface area contributed by atoms with Crippen LogP contribution in [-0.2, 0) is 38.1 Å². The van der Waals surface area contributed by atoms with E-state index in [2.05, 4.69) is 13.8 Å². The Hall–Kier alpha value is -2.24. The Morgan fingerprint density at radius 2 is 1.04 bits per heavy atom. The minimum absolute atomic E-state index is 0.0651. The van der Waals surface area contributed by atoms with Gasteiger partial charge in [0, 0.05) is 12.8 Å². The van der Waals surface area contributed by atoms with Crippen molar-refractivity contribution in [2.45, 2.75) is 167 Å². The van der Waals surface area contributed by atoms with Crippen molar-refractivity contribution in [3.8, 4) is 0 Å². The molecular formula is C37H70N2O9. The second-order valence-electron chi connectivity index (χ2n) is 13.6. The topological polar surface area (TPSA) is 132 Å². The number of nitrogens with zero attached hydrogens (tertiary/aromatic N) is 2. The molecule has 0 radical (unpaired) electrons. The molecule has 0 aliphatic carbocycles. The van der Waals surface area contributed by atoms with Crippen LogP contribution in [0.3, 0.4) is 0 Å². The molecule has 48 heavy (non-hydrogen) atoms. The van der Waals surface area contributed by atoms with Crippen molar-refractivity contribution in [2.24, 2.45) is 0 Å². The zero-order valence-corrected chi connectivity index (χ0v) is 31.3. The van der Waals surface area contributed by atoms with Crippen LogP contribution in [0, 0.1) is 0 Å². The molecule has 0 amide bonds. The van der Waals surface area contributed by atoms with Gasteiger partial charge < -0.3 is 24.1 Å². The average Bonchev–Trinajstić information content (AvgIpc) is 3.37. The van der Waals surface area contributed by atoms with E-state index >= 15 is 0 Å². The van der Waals surface area contributed by atoms with Gasteiger partial charge in [0.2, 0.25) is 6.29 Å². The summed E-state index contributed by atoms with van der Waals surface area (Å²) in [6.07, 6.45) is 20.4. The monoisotopic (exact) mass is 687 g/mol. The van der Waals surface area contributed by atoms with Crippen molar-refractivity contribution < 1.29 is 43.2 Å². The Balaban J connectivity index is 0.00000132. The van der Waals surface area contributed by atoms with Crippen LogP contribution in [0.4, 0.5) is 0 Å². The van der Waals surface area contributed by atoms with Crippen LogP contribution < -0.4 is 0 Å². The van der Waals surface area contributed by atoms with Crippen LogP contribution in [0.15, 0.2) is 0 Å². The molecule has 0 saturated carbocycles. The normalized spacial score (nSPS) is 17.2. The van der Waals surface area contributed by atoms with Crippen LogP contribution in [-0.4, -0.2) is 105 Å². The lowest BCUT2D eigenvalue weighted by Crippen LogP contribution is -2.34. The molecule has 0 aromatic heterocycles. The summed E-state index contributed by atoms with van der Waals surface area (Å²) >= 11 is 0. The van der Waals surface area contributed by atoms with Gasteiger partial charge in [-0.3, -0.25) is 29.0 Å². The summed E-state index contributed by atoms with van der Waals surface area (Å²) in [5, 5.41) is 8.41. The van der Waals surface area contributed by atoms with Gasteiger partial charge in [-0.05, 0) is 41.0 Å². The van der Waals surface area contributed by atoms with Gasteiger partial charge in [0.15, 0.2) is 0 Å². The minimum Gasteiger partial charge on any atom is -0.481 e. The Morgan fingerprint density at radius 3 is 1.50 bits per heavy atom. The molecular weight excluding hydrogens is 616 g/mol. The van der Waals surface area contributed by atoms with Gasteiger partial charge in [-0.15, -0.1) is 0 Å². The van der Waals surface area contributed by atoms with E-state index in [0.717, 1.165) is 32.1 Å². The fourth-order valence-corrected chi connectivity index (χ4v) is 5.34. The third-order valence-electron chi connectivity index (χ3n) is 7.99. The summed E-state index contributed by atoms with van der Waals surface area (Å²) in [5.74, 6) is -1.80. The molecule has 1 N–H and O–H groups in total. The molecule has 11 heteroatoms. The van der Waals surface area contributed by atoms with Gasteiger partial charge in [0.1, 0.15) is 18.8 Å². The van der Waals surface area contributed by atoms with Crippen LogP contribution in [0.2, 0.25) is 0 Å². The van der Waals surface area contributed by atoms with E-state index < -0.39 is 36.4 Å². The number of carbonyl (C=O) groups excluding carboxylic acids is 3. The van der Waals surface area contributed by atoms with Crippen LogP contribution in [0.1, 0.15) is 149 Å². The first-order valence-electron chi connectivity index (χ1n) is 18.7. The van der Waals surface area contributed by atoms with E-state index in [4.69, 9.17) is 24.1 Å². The fraction of sp³-hybridized carbons (Fsp3) is 0.892. The van der Waals surface area contributed by atoms with E-state index in [-0.39, 0.29) is 32.1 Å². The van der Waals surface area contributed by atoms with Crippen LogP contribution in [0.5, 0.6) is 0 Å². The number of unbranched alkanes of at least 4 members (excludes halogenated alkanes) is 16. The number of carboxylic acid groups (broad SMARTS) is 1. The Morgan fingerprint density at radius 1 is 0.604 bits per heavy atom. The lowest BCUT2D eigenvalue weighted by Gasteiger charge is -2.19. The maximum Gasteiger partial charge on any atom is 0.322 e. The van der Waals surface area contributed by atoms with E-state index in [9.17, 15) is 19.2 Å². The van der Waals surface area contributed by atoms with Crippen molar-refractivity contribution in [3.05, 3.63) is 0 Å². The standard InChI is InChI=1S/C25H46N2O7.C12H24O2/c1-6-7-8-9-10-11-12-13-14-15-22(28)32-20-16-25(34-24(30)18-27(4)5)33-21(20)19-31-23(29)17-26(2)3;1-2-3-4-5-6-7-8-9-10-11-12(13)14/h20-21,25H,6-19H2,1-5H3;2-11H2,1H3,(H,13,14)/t20-,21-,25+;/m1./s1. The van der Waals surface area contributed by atoms with Crippen molar-refractivity contribution in [1.29, 1.82) is 0 Å². The summed E-state index contributed by atoms with van der Waals surface area (Å²) in [6.45, 7) is 4.63. The predicted octanol–water partition coefficient (Wildman–Crippen LogP) is 7.14. The second-order valence-corrected chi connectivity index (χ2v) is 13.6. The van der Waals surface area contributed by atoms with E-state index in [1.165, 1.54) is 83.5 Å². The third-order valence-corrected chi connectivity index (χ3v) is 7.99. The number of hydrogen-bond donors (Lipinski definition) is 1. The summed E-state index contributed by atoms with van der Waals surface area (Å²) in [6, 6.07) is 0. The van der Waals surface area contributed by atoms with Gasteiger partial charge in [-0.25, -0.2) is 0 Å². The number of hydrogen-bond acceptors (Lipinski definition) is 10. The second kappa shape index (κ2) is 30.8. The number of likely N-dealkylation sites (N-methyl/N-ethyl adjacent to an activating group) is 2. The molecule has 1 aliphatic heterocycles. The average molecular weight is 687 g/mol. The molecule has 282 valence electrons. The highest BCUT2D eigenvalue weighted by Gasteiger charge is 2.40. The summed E-state index contributed by atoms with van der Waals surface area (Å²) in [7, 11) is 7.07. The van der Waals surface area contributed by atoms with Gasteiger partial charge in [-0.2, -0.15) is 0 Å². The maximum atomic E-state index is 12.4. The van der Waals surface area contributed by atoms with Gasteiger partial charge in [0.25, 0.3) is 0 Å². The molecule has 0 unspecified atom stereocenters. The molecule has 0 bridgehead atoms. The number of ether oxygens (including phenoxy) is 4. The quantitative estimate of drug-likeness (QED) is 0.0512. The number of esters is 3. The summed E-state index contributed by atoms with van der Waals surface area (Å²) in [4.78, 5) is 49.9. The zero-order chi connectivity index (χ0) is 36.0. The first-order chi connectivity index (χ1) is 23.0. The van der Waals surface area contributed by atoms with Gasteiger partial charge in [0.05, 0.1) is 19.5 Å². The number of rotatable bonds is 28. The predicted molar refractivity (Wildman–Crippen MR) is 189 cm³/mol. The largest absolute Gasteiger partial charge is 0.481 e. The molecule has 1 heterocycles. The van der Waals surface area contributed by atoms with Gasteiger partial charge >= 0.3 is 23.9 Å². The summed E-state index contributed by atoms with van der Waals surface area (Å²) in [5.41, 5.74) is 0. The highest BCUT2D eigenvalue weighted by atomic mass is 16.7. The Bertz CT molecular complexity index is 838. The zero-order valence-electron chi connectivity index (χ0n) is 31.3. The third kappa shape index (κ3) is 28.7. The molecule has 0 aromatic carbocycles. The Kier molecular flexibility index (Phi) is 29.4. The number of aliphatic carboxylic acids is 1. The highest BCUT2D eigenvalue weighted by molar-refractivity contribution is 5.72. The van der Waals surface area contributed by atoms with E-state index in [1.807, 2.05) is 0 Å². The smallest absolute Gasteiger partial charge is 0.322 e. The fourth-order valence-electron chi connectivity index (χ4n) is 5.34.